The molecule has 0 saturated carbocycles. The van der Waals surface area contributed by atoms with Crippen molar-refractivity contribution in [3.05, 3.63) is 45.6 Å². The molecule has 4 nitrogen and oxygen atoms in total. The van der Waals surface area contributed by atoms with Crippen LogP contribution in [0, 0.1) is 17.0 Å². The van der Waals surface area contributed by atoms with Crippen molar-refractivity contribution in [3.63, 3.8) is 0 Å². The second kappa shape index (κ2) is 3.78. The van der Waals surface area contributed by atoms with Crippen molar-refractivity contribution in [2.24, 2.45) is 0 Å². The number of thiazole rings is 1. The molecule has 0 amide bonds. The molecule has 5 heteroatoms. The maximum atomic E-state index is 10.6. The van der Waals surface area contributed by atoms with Gasteiger partial charge < -0.3 is 0 Å². The molecule has 0 unspecified atom stereocenters. The highest BCUT2D eigenvalue weighted by atomic mass is 32.1. The van der Waals surface area contributed by atoms with Gasteiger partial charge in [-0.15, -0.1) is 11.3 Å². The average molecular weight is 220 g/mol. The summed E-state index contributed by atoms with van der Waals surface area (Å²) in [5.74, 6) is 0. The Bertz CT molecular complexity index is 508. The summed E-state index contributed by atoms with van der Waals surface area (Å²) in [6.07, 6.45) is 1.74. The summed E-state index contributed by atoms with van der Waals surface area (Å²) in [5.41, 5.74) is 0.952. The summed E-state index contributed by atoms with van der Waals surface area (Å²) in [4.78, 5) is 15.3. The lowest BCUT2D eigenvalue weighted by molar-refractivity contribution is -0.384. The number of nitro benzene ring substituents is 1. The fourth-order valence-corrected chi connectivity index (χ4v) is 2.04. The molecule has 0 fully saturated rings. The van der Waals surface area contributed by atoms with Gasteiger partial charge in [0.05, 0.1) is 14.8 Å². The topological polar surface area (TPSA) is 56.0 Å². The minimum atomic E-state index is -0.391. The Labute approximate surface area is 90.4 Å². The van der Waals surface area contributed by atoms with Gasteiger partial charge in [-0.2, -0.15) is 0 Å². The minimum Gasteiger partial charge on any atom is -0.258 e. The van der Waals surface area contributed by atoms with Gasteiger partial charge in [0.15, 0.2) is 0 Å². The van der Waals surface area contributed by atoms with Crippen LogP contribution in [0.15, 0.2) is 30.5 Å². The molecule has 0 aliphatic carbocycles. The Kier molecular flexibility index (Phi) is 2.47. The molecule has 1 heterocycles. The average Bonchev–Trinajstić information content (AvgIpc) is 2.65. The van der Waals surface area contributed by atoms with Crippen LogP contribution in [0.5, 0.6) is 0 Å². The first kappa shape index (κ1) is 9.79. The van der Waals surface area contributed by atoms with Crippen LogP contribution in [0.1, 0.15) is 5.01 Å². The predicted molar refractivity (Wildman–Crippen MR) is 58.9 cm³/mol. The number of nitro groups is 1. The van der Waals surface area contributed by atoms with Gasteiger partial charge in [0.1, 0.15) is 0 Å². The van der Waals surface area contributed by atoms with Crippen LogP contribution < -0.4 is 0 Å². The van der Waals surface area contributed by atoms with E-state index >= 15 is 0 Å². The maximum Gasteiger partial charge on any atom is 0.270 e. The number of aryl methyl sites for hydroxylation is 1. The van der Waals surface area contributed by atoms with Crippen molar-refractivity contribution in [3.8, 4) is 10.4 Å². The number of hydrogen-bond donors (Lipinski definition) is 0. The summed E-state index contributed by atoms with van der Waals surface area (Å²) in [6.45, 7) is 1.91. The van der Waals surface area contributed by atoms with Crippen LogP contribution in [0.25, 0.3) is 10.4 Å². The summed E-state index contributed by atoms with van der Waals surface area (Å²) < 4.78 is 0. The number of rotatable bonds is 2. The summed E-state index contributed by atoms with van der Waals surface area (Å²) in [5, 5.41) is 11.5. The SMILES string of the molecule is Cc1ncc(-c2cccc([N+](=O)[O-])c2)s1. The van der Waals surface area contributed by atoms with E-state index in [1.807, 2.05) is 13.0 Å². The first-order chi connectivity index (χ1) is 7.16. The van der Waals surface area contributed by atoms with Gasteiger partial charge in [-0.3, -0.25) is 10.1 Å². The third-order valence-electron chi connectivity index (χ3n) is 1.96. The Morgan fingerprint density at radius 3 is 2.87 bits per heavy atom. The lowest BCUT2D eigenvalue weighted by atomic mass is 10.2. The van der Waals surface area contributed by atoms with E-state index in [4.69, 9.17) is 0 Å². The Balaban J connectivity index is 2.45. The molecular formula is C10H8N2O2S. The van der Waals surface area contributed by atoms with Crippen molar-refractivity contribution in [2.45, 2.75) is 6.92 Å². The zero-order valence-corrected chi connectivity index (χ0v) is 8.82. The minimum absolute atomic E-state index is 0.110. The van der Waals surface area contributed by atoms with Gasteiger partial charge in [-0.1, -0.05) is 12.1 Å². The first-order valence-electron chi connectivity index (χ1n) is 4.34. The highest BCUT2D eigenvalue weighted by Crippen LogP contribution is 2.28. The second-order valence-electron chi connectivity index (χ2n) is 3.05. The lowest BCUT2D eigenvalue weighted by Crippen LogP contribution is -1.87. The molecule has 1 aromatic carbocycles. The quantitative estimate of drug-likeness (QED) is 0.577. The number of nitrogens with zero attached hydrogens (tertiary/aromatic N) is 2. The van der Waals surface area contributed by atoms with Gasteiger partial charge in [-0.25, -0.2) is 4.98 Å². The highest BCUT2D eigenvalue weighted by molar-refractivity contribution is 7.15. The van der Waals surface area contributed by atoms with E-state index in [1.54, 1.807) is 18.3 Å². The molecular weight excluding hydrogens is 212 g/mol. The van der Waals surface area contributed by atoms with Crippen molar-refractivity contribution in [2.75, 3.05) is 0 Å². The smallest absolute Gasteiger partial charge is 0.258 e. The van der Waals surface area contributed by atoms with Crippen LogP contribution in [0.4, 0.5) is 5.69 Å². The van der Waals surface area contributed by atoms with E-state index in [0.717, 1.165) is 15.4 Å². The fourth-order valence-electron chi connectivity index (χ4n) is 1.27. The van der Waals surface area contributed by atoms with Crippen molar-refractivity contribution >= 4 is 17.0 Å². The van der Waals surface area contributed by atoms with Crippen LogP contribution in [0.3, 0.4) is 0 Å². The van der Waals surface area contributed by atoms with E-state index < -0.39 is 4.92 Å². The zero-order chi connectivity index (χ0) is 10.8. The van der Waals surface area contributed by atoms with Crippen LogP contribution in [-0.4, -0.2) is 9.91 Å². The summed E-state index contributed by atoms with van der Waals surface area (Å²) in [7, 11) is 0. The Hall–Kier alpha value is -1.75. The largest absolute Gasteiger partial charge is 0.270 e. The lowest BCUT2D eigenvalue weighted by Gasteiger charge is -1.95. The maximum absolute atomic E-state index is 10.6. The second-order valence-corrected chi connectivity index (χ2v) is 4.29. The van der Waals surface area contributed by atoms with Gasteiger partial charge in [0, 0.05) is 23.9 Å². The van der Waals surface area contributed by atoms with Crippen LogP contribution in [-0.2, 0) is 0 Å². The molecule has 15 heavy (non-hydrogen) atoms. The predicted octanol–water partition coefficient (Wildman–Crippen LogP) is 3.03. The fraction of sp³-hybridized carbons (Fsp3) is 0.100. The summed E-state index contributed by atoms with van der Waals surface area (Å²) in [6, 6.07) is 6.58. The third-order valence-corrected chi connectivity index (χ3v) is 2.92. The Morgan fingerprint density at radius 1 is 1.47 bits per heavy atom. The summed E-state index contributed by atoms with van der Waals surface area (Å²) >= 11 is 1.53. The number of non-ortho nitro benzene ring substituents is 1. The normalized spacial score (nSPS) is 10.2. The zero-order valence-electron chi connectivity index (χ0n) is 8.01. The molecule has 0 radical (unpaired) electrons. The molecule has 2 rings (SSSR count). The molecule has 0 aliphatic rings. The Morgan fingerprint density at radius 2 is 2.27 bits per heavy atom. The number of hydrogen-bond acceptors (Lipinski definition) is 4. The molecule has 0 spiro atoms. The van der Waals surface area contributed by atoms with Gasteiger partial charge in [-0.05, 0) is 6.92 Å². The van der Waals surface area contributed by atoms with Crippen LogP contribution in [0.2, 0.25) is 0 Å². The van der Waals surface area contributed by atoms with E-state index in [1.165, 1.54) is 17.4 Å². The van der Waals surface area contributed by atoms with Crippen molar-refractivity contribution in [1.82, 2.24) is 4.98 Å². The highest BCUT2D eigenvalue weighted by Gasteiger charge is 2.08. The third kappa shape index (κ3) is 2.02. The van der Waals surface area contributed by atoms with Crippen molar-refractivity contribution in [1.29, 1.82) is 0 Å². The van der Waals surface area contributed by atoms with E-state index in [-0.39, 0.29) is 5.69 Å². The molecule has 1 aromatic heterocycles. The monoisotopic (exact) mass is 220 g/mol. The number of benzene rings is 1. The molecule has 0 bridgehead atoms. The van der Waals surface area contributed by atoms with E-state index in [0.29, 0.717) is 0 Å². The van der Waals surface area contributed by atoms with Crippen LogP contribution >= 0.6 is 11.3 Å². The van der Waals surface area contributed by atoms with Crippen molar-refractivity contribution < 1.29 is 4.92 Å². The molecule has 0 atom stereocenters. The molecule has 0 saturated heterocycles. The standard InChI is InChI=1S/C10H8N2O2S/c1-7-11-6-10(15-7)8-3-2-4-9(5-8)12(13)14/h2-6H,1H3. The van der Waals surface area contributed by atoms with Gasteiger partial charge in [0.25, 0.3) is 5.69 Å². The van der Waals surface area contributed by atoms with E-state index in [9.17, 15) is 10.1 Å². The molecule has 2 aromatic rings. The van der Waals surface area contributed by atoms with Gasteiger partial charge in [0.2, 0.25) is 0 Å². The number of aromatic nitrogens is 1. The van der Waals surface area contributed by atoms with E-state index in [2.05, 4.69) is 4.98 Å². The molecule has 76 valence electrons. The first-order valence-corrected chi connectivity index (χ1v) is 5.16. The molecule has 0 aliphatic heterocycles. The molecule has 0 N–H and O–H groups in total. The van der Waals surface area contributed by atoms with Gasteiger partial charge >= 0.3 is 0 Å².